The van der Waals surface area contributed by atoms with Gasteiger partial charge < -0.3 is 39.2 Å². The number of methoxy groups -OCH3 is 1. The van der Waals surface area contributed by atoms with E-state index in [1.807, 2.05) is 12.1 Å². The molecule has 0 atom stereocenters. The Labute approximate surface area is 280 Å². The number of hydrogen-bond donors (Lipinski definition) is 3. The van der Waals surface area contributed by atoms with Gasteiger partial charge in [0.05, 0.1) is 47.4 Å². The predicted octanol–water partition coefficient (Wildman–Crippen LogP) is 4.11. The van der Waals surface area contributed by atoms with E-state index >= 15 is 0 Å². The van der Waals surface area contributed by atoms with Crippen molar-refractivity contribution in [2.75, 3.05) is 89.5 Å². The van der Waals surface area contributed by atoms with Crippen molar-refractivity contribution < 1.29 is 23.7 Å². The average Bonchev–Trinajstić information content (AvgIpc) is 3.01. The Balaban J connectivity index is 1.20. The van der Waals surface area contributed by atoms with Crippen LogP contribution in [0, 0.1) is 0 Å². The Hall–Kier alpha value is -3.05. The van der Waals surface area contributed by atoms with Crippen LogP contribution in [0.15, 0.2) is 34.9 Å². The topological polar surface area (TPSA) is 106 Å². The maximum Gasteiger partial charge on any atom is 0.229 e. The summed E-state index contributed by atoms with van der Waals surface area (Å²) in [7, 11) is 3.33. The number of nitrogens with one attached hydrogen (secondary N) is 3. The highest BCUT2D eigenvalue weighted by atomic mass is 79.9. The standard InChI is InChI=1S/C33H45BrN7O4P/c1-7-21-16-26(29(43-4)17-27(21)40-12-10-22(11-13-40)41-19-23(20-41)39(2)3)37-33-35-18-24(34)32(38-33)36-25-8-9-28-30(45-15-14-44-28)31(25)46(5,6)42/h8-9,16-18,22-23H,7,10-15,19-20H2,1-6H3,(H2,35,36,37,38)/p+1. The van der Waals surface area contributed by atoms with E-state index in [4.69, 9.17) is 19.2 Å². The fourth-order valence-corrected chi connectivity index (χ4v) is 8.39. The molecule has 0 aliphatic carbocycles. The van der Waals surface area contributed by atoms with E-state index in [9.17, 15) is 4.57 Å². The summed E-state index contributed by atoms with van der Waals surface area (Å²) in [4.78, 5) is 16.0. The third-order valence-corrected chi connectivity index (χ3v) is 11.5. The lowest BCUT2D eigenvalue weighted by atomic mass is 9.96. The molecule has 2 saturated heterocycles. The molecule has 11 nitrogen and oxygen atoms in total. The van der Waals surface area contributed by atoms with Gasteiger partial charge in [0.25, 0.3) is 0 Å². The Bertz CT molecular complexity index is 1620. The maximum atomic E-state index is 13.4. The fraction of sp³-hybridized carbons (Fsp3) is 0.515. The maximum absolute atomic E-state index is 13.4. The zero-order chi connectivity index (χ0) is 32.6. The van der Waals surface area contributed by atoms with Crippen molar-refractivity contribution in [3.05, 3.63) is 40.5 Å². The minimum atomic E-state index is -2.75. The van der Waals surface area contributed by atoms with Crippen LogP contribution >= 0.6 is 23.1 Å². The molecule has 248 valence electrons. The molecule has 0 saturated carbocycles. The van der Waals surface area contributed by atoms with Crippen molar-refractivity contribution in [3.63, 3.8) is 0 Å². The molecule has 2 fully saturated rings. The molecule has 0 radical (unpaired) electrons. The van der Waals surface area contributed by atoms with Crippen LogP contribution < -0.4 is 39.9 Å². The molecule has 0 amide bonds. The zero-order valence-electron chi connectivity index (χ0n) is 27.7. The number of quaternary nitrogens is 1. The van der Waals surface area contributed by atoms with Gasteiger partial charge in [-0.3, -0.25) is 4.90 Å². The second-order valence-corrected chi connectivity index (χ2v) is 17.0. The van der Waals surface area contributed by atoms with Gasteiger partial charge in [0.15, 0.2) is 11.5 Å². The summed E-state index contributed by atoms with van der Waals surface area (Å²) in [6.07, 6.45) is 5.00. The van der Waals surface area contributed by atoms with E-state index < -0.39 is 7.14 Å². The highest BCUT2D eigenvalue weighted by Gasteiger charge is 2.39. The first-order valence-corrected chi connectivity index (χ1v) is 19.5. The smallest absolute Gasteiger partial charge is 0.229 e. The number of anilines is 5. The number of benzene rings is 2. The first kappa shape index (κ1) is 32.9. The molecule has 2 aromatic carbocycles. The van der Waals surface area contributed by atoms with Crippen molar-refractivity contribution in [3.8, 4) is 17.2 Å². The van der Waals surface area contributed by atoms with E-state index in [0.717, 1.165) is 43.0 Å². The number of piperidine rings is 1. The average molecular weight is 716 g/mol. The molecule has 1 aromatic heterocycles. The van der Waals surface area contributed by atoms with Gasteiger partial charge in [0, 0.05) is 43.9 Å². The van der Waals surface area contributed by atoms with E-state index in [1.54, 1.807) is 31.5 Å². The summed E-state index contributed by atoms with van der Waals surface area (Å²) in [5.41, 5.74) is 3.94. The number of fused-ring (bicyclic) bond motifs is 1. The number of likely N-dealkylation sites (N-methyl/N-ethyl adjacent to an activating group) is 1. The van der Waals surface area contributed by atoms with Gasteiger partial charge in [0.1, 0.15) is 38.0 Å². The summed E-state index contributed by atoms with van der Waals surface area (Å²) in [5, 5.41) is 7.36. The van der Waals surface area contributed by atoms with Gasteiger partial charge in [-0.25, -0.2) is 4.98 Å². The highest BCUT2D eigenvalue weighted by Crippen LogP contribution is 2.47. The van der Waals surface area contributed by atoms with Crippen LogP contribution in [-0.2, 0) is 11.0 Å². The number of ether oxygens (including phenoxy) is 3. The normalized spacial score (nSPS) is 20.0. The van der Waals surface area contributed by atoms with Crippen LogP contribution in [0.3, 0.4) is 0 Å². The molecule has 0 bridgehead atoms. The predicted molar refractivity (Wildman–Crippen MR) is 189 cm³/mol. The lowest BCUT2D eigenvalue weighted by molar-refractivity contribution is -0.969. The largest absolute Gasteiger partial charge is 0.494 e. The second-order valence-electron chi connectivity index (χ2n) is 13.0. The number of rotatable bonds is 10. The quantitative estimate of drug-likeness (QED) is 0.266. The van der Waals surface area contributed by atoms with Gasteiger partial charge in [-0.05, 0) is 73.5 Å². The molecule has 0 spiro atoms. The van der Waals surface area contributed by atoms with Gasteiger partial charge >= 0.3 is 0 Å². The van der Waals surface area contributed by atoms with Crippen LogP contribution in [0.5, 0.6) is 17.2 Å². The lowest BCUT2D eigenvalue weighted by Gasteiger charge is -2.46. The fourth-order valence-electron chi connectivity index (χ4n) is 6.73. The third-order valence-electron chi connectivity index (χ3n) is 9.39. The molecule has 0 unspecified atom stereocenters. The summed E-state index contributed by atoms with van der Waals surface area (Å²) in [5.74, 6) is 2.79. The first-order chi connectivity index (χ1) is 22.0. The van der Waals surface area contributed by atoms with Crippen molar-refractivity contribution in [2.45, 2.75) is 38.3 Å². The SMILES string of the molecule is CCc1cc(Nc2ncc(Br)c(Nc3ccc4c(c3P(C)(C)=O)OCCO4)n2)c(OC)cc1N1CCC([NH+]2CC(N(C)C)C2)CC1. The number of hydrogen-bond acceptors (Lipinski definition) is 10. The summed E-state index contributed by atoms with van der Waals surface area (Å²) < 4.78 is 31.6. The van der Waals surface area contributed by atoms with E-state index in [1.165, 1.54) is 37.2 Å². The molecular weight excluding hydrogens is 669 g/mol. The van der Waals surface area contributed by atoms with Crippen LogP contribution in [0.4, 0.5) is 28.8 Å². The Morgan fingerprint density at radius 2 is 1.85 bits per heavy atom. The molecule has 46 heavy (non-hydrogen) atoms. The molecular formula is C33H46BrN7O4P+. The molecule has 3 N–H and O–H groups in total. The van der Waals surface area contributed by atoms with Gasteiger partial charge in [-0.15, -0.1) is 0 Å². The summed E-state index contributed by atoms with van der Waals surface area (Å²) >= 11 is 3.58. The van der Waals surface area contributed by atoms with Crippen LogP contribution in [0.25, 0.3) is 0 Å². The lowest BCUT2D eigenvalue weighted by Crippen LogP contribution is -3.25. The van der Waals surface area contributed by atoms with E-state index in [2.05, 4.69) is 74.5 Å². The monoisotopic (exact) mass is 714 g/mol. The number of aryl methyl sites for hydroxylation is 1. The molecule has 3 aliphatic heterocycles. The Kier molecular flexibility index (Phi) is 9.71. The van der Waals surface area contributed by atoms with E-state index in [-0.39, 0.29) is 0 Å². The molecule has 4 heterocycles. The molecule has 6 rings (SSSR count). The number of likely N-dealkylation sites (tertiary alicyclic amines) is 1. The van der Waals surface area contributed by atoms with Gasteiger partial charge in [0.2, 0.25) is 5.95 Å². The van der Waals surface area contributed by atoms with Crippen molar-refractivity contribution in [1.29, 1.82) is 0 Å². The third kappa shape index (κ3) is 6.81. The highest BCUT2D eigenvalue weighted by molar-refractivity contribution is 9.10. The van der Waals surface area contributed by atoms with Gasteiger partial charge in [-0.1, -0.05) is 6.92 Å². The van der Waals surface area contributed by atoms with Crippen LogP contribution in [-0.4, -0.2) is 101 Å². The summed E-state index contributed by atoms with van der Waals surface area (Å²) in [6.45, 7) is 11.1. The van der Waals surface area contributed by atoms with Crippen molar-refractivity contribution in [2.24, 2.45) is 0 Å². The van der Waals surface area contributed by atoms with Crippen LogP contribution in [0.1, 0.15) is 25.3 Å². The van der Waals surface area contributed by atoms with Gasteiger partial charge in [-0.2, -0.15) is 4.98 Å². The summed E-state index contributed by atoms with van der Waals surface area (Å²) in [6, 6.07) is 9.47. The van der Waals surface area contributed by atoms with E-state index in [0.29, 0.717) is 51.9 Å². The molecule has 3 aliphatic rings. The minimum absolute atomic E-state index is 0.406. The molecule has 3 aromatic rings. The first-order valence-electron chi connectivity index (χ1n) is 16.1. The Morgan fingerprint density at radius 1 is 1.11 bits per heavy atom. The minimum Gasteiger partial charge on any atom is -0.494 e. The van der Waals surface area contributed by atoms with Crippen molar-refractivity contribution >= 4 is 57.2 Å². The van der Waals surface area contributed by atoms with Crippen molar-refractivity contribution in [1.82, 2.24) is 14.9 Å². The molecule has 13 heteroatoms. The number of nitrogens with zero attached hydrogens (tertiary/aromatic N) is 4. The second kappa shape index (κ2) is 13.6. The van der Waals surface area contributed by atoms with Crippen LogP contribution in [0.2, 0.25) is 0 Å². The zero-order valence-corrected chi connectivity index (χ0v) is 30.1. The number of aromatic nitrogens is 2. The number of halogens is 1. The Morgan fingerprint density at radius 3 is 2.52 bits per heavy atom.